The monoisotopic (exact) mass is 512 g/mol. The van der Waals surface area contributed by atoms with Crippen LogP contribution in [0.2, 0.25) is 0 Å². The van der Waals surface area contributed by atoms with E-state index in [4.69, 9.17) is 19.2 Å². The average Bonchev–Trinajstić information content (AvgIpc) is 3.30. The molecule has 0 unspecified atom stereocenters. The highest BCUT2D eigenvalue weighted by atomic mass is 79.9. The molecule has 6 nitrogen and oxygen atoms in total. The molecule has 2 atom stereocenters. The summed E-state index contributed by atoms with van der Waals surface area (Å²) in [7, 11) is 0. The van der Waals surface area contributed by atoms with Crippen LogP contribution >= 0.6 is 15.9 Å². The first-order chi connectivity index (χ1) is 16.0. The van der Waals surface area contributed by atoms with Crippen LogP contribution in [0.5, 0.6) is 23.0 Å². The maximum Gasteiger partial charge on any atom is 0.231 e. The highest BCUT2D eigenvalue weighted by molar-refractivity contribution is 9.10. The Morgan fingerprint density at radius 2 is 2.00 bits per heavy atom. The SMILES string of the molecule is CCOc1cccc([C@@H]2CC(c3ccc4c(c3)OCO4)=N[C@@H](c3ccc(F)c(Br)c3)N2)c1O. The summed E-state index contributed by atoms with van der Waals surface area (Å²) < 4.78 is 30.8. The Balaban J connectivity index is 1.56. The number of halogens is 2. The number of aromatic hydroxyl groups is 1. The number of nitrogens with zero attached hydrogens (tertiary/aromatic N) is 1. The summed E-state index contributed by atoms with van der Waals surface area (Å²) in [4.78, 5) is 4.94. The van der Waals surface area contributed by atoms with Gasteiger partial charge in [0.1, 0.15) is 12.0 Å². The fourth-order valence-electron chi connectivity index (χ4n) is 4.10. The minimum absolute atomic E-state index is 0.0998. The molecule has 3 aromatic rings. The molecule has 0 radical (unpaired) electrons. The van der Waals surface area contributed by atoms with Crippen LogP contribution in [-0.2, 0) is 0 Å². The smallest absolute Gasteiger partial charge is 0.231 e. The maximum atomic E-state index is 13.9. The standard InChI is InChI=1S/C25H22BrFN2O4/c1-2-31-22-5-3-4-16(24(22)30)20-12-19(14-7-9-21-23(11-14)33-13-32-21)28-25(29-20)15-6-8-18(27)17(26)10-15/h3-11,20,25,29-30H,2,12-13H2,1H3/t20-,25+/m0/s1. The van der Waals surface area contributed by atoms with Gasteiger partial charge in [0.05, 0.1) is 11.1 Å². The summed E-state index contributed by atoms with van der Waals surface area (Å²) in [6, 6.07) is 15.8. The van der Waals surface area contributed by atoms with Crippen molar-refractivity contribution in [1.29, 1.82) is 0 Å². The number of hydrogen-bond acceptors (Lipinski definition) is 6. The second-order valence-corrected chi connectivity index (χ2v) is 8.62. The molecule has 0 aromatic heterocycles. The number of phenols is 1. The van der Waals surface area contributed by atoms with Gasteiger partial charge in [0.15, 0.2) is 23.0 Å². The molecule has 2 aliphatic heterocycles. The maximum absolute atomic E-state index is 13.9. The number of para-hydroxylation sites is 1. The van der Waals surface area contributed by atoms with Crippen LogP contribution in [0.3, 0.4) is 0 Å². The second kappa shape index (κ2) is 9.03. The van der Waals surface area contributed by atoms with Crippen molar-refractivity contribution in [3.05, 3.63) is 81.6 Å². The van der Waals surface area contributed by atoms with Crippen molar-refractivity contribution in [1.82, 2.24) is 5.32 Å². The van der Waals surface area contributed by atoms with E-state index in [2.05, 4.69) is 21.2 Å². The van der Waals surface area contributed by atoms with Crippen LogP contribution in [0.1, 0.15) is 42.2 Å². The topological polar surface area (TPSA) is 72.3 Å². The molecule has 0 saturated carbocycles. The molecule has 33 heavy (non-hydrogen) atoms. The van der Waals surface area contributed by atoms with Crippen molar-refractivity contribution in [3.63, 3.8) is 0 Å². The molecule has 2 heterocycles. The summed E-state index contributed by atoms with van der Waals surface area (Å²) in [6.07, 6.45) is 0.0815. The Bertz CT molecular complexity index is 1230. The van der Waals surface area contributed by atoms with Gasteiger partial charge in [-0.3, -0.25) is 10.3 Å². The van der Waals surface area contributed by atoms with Crippen LogP contribution in [0.4, 0.5) is 4.39 Å². The molecule has 170 valence electrons. The van der Waals surface area contributed by atoms with Gasteiger partial charge in [-0.05, 0) is 70.4 Å². The van der Waals surface area contributed by atoms with Crippen molar-refractivity contribution >= 4 is 21.6 Å². The predicted molar refractivity (Wildman–Crippen MR) is 126 cm³/mol. The van der Waals surface area contributed by atoms with Crippen molar-refractivity contribution < 1.29 is 23.7 Å². The van der Waals surface area contributed by atoms with Gasteiger partial charge in [0, 0.05) is 23.7 Å². The Kier molecular flexibility index (Phi) is 5.95. The predicted octanol–water partition coefficient (Wildman–Crippen LogP) is 5.64. The lowest BCUT2D eigenvalue weighted by Crippen LogP contribution is -2.33. The normalized spacial score (nSPS) is 19.3. The quantitative estimate of drug-likeness (QED) is 0.462. The molecule has 5 rings (SSSR count). The first-order valence-corrected chi connectivity index (χ1v) is 11.4. The van der Waals surface area contributed by atoms with E-state index in [1.165, 1.54) is 6.07 Å². The first kappa shape index (κ1) is 21.7. The third-order valence-corrected chi connectivity index (χ3v) is 6.32. The van der Waals surface area contributed by atoms with E-state index in [-0.39, 0.29) is 24.4 Å². The van der Waals surface area contributed by atoms with E-state index < -0.39 is 6.17 Å². The Hall–Kier alpha value is -3.10. The van der Waals surface area contributed by atoms with Gasteiger partial charge < -0.3 is 19.3 Å². The summed E-state index contributed by atoms with van der Waals surface area (Å²) in [6.45, 7) is 2.52. The van der Waals surface area contributed by atoms with Crippen molar-refractivity contribution in [2.24, 2.45) is 4.99 Å². The first-order valence-electron chi connectivity index (χ1n) is 10.7. The largest absolute Gasteiger partial charge is 0.504 e. The van der Waals surface area contributed by atoms with E-state index in [1.807, 2.05) is 37.3 Å². The zero-order valence-corrected chi connectivity index (χ0v) is 19.4. The lowest BCUT2D eigenvalue weighted by molar-refractivity contribution is 0.174. The molecule has 0 aliphatic carbocycles. The van der Waals surface area contributed by atoms with E-state index in [0.29, 0.717) is 40.3 Å². The minimum atomic E-state index is -0.448. The second-order valence-electron chi connectivity index (χ2n) is 7.77. The lowest BCUT2D eigenvalue weighted by atomic mass is 9.93. The lowest BCUT2D eigenvalue weighted by Gasteiger charge is -2.31. The summed E-state index contributed by atoms with van der Waals surface area (Å²) in [5, 5.41) is 14.4. The van der Waals surface area contributed by atoms with Crippen molar-refractivity contribution in [3.8, 4) is 23.0 Å². The molecule has 2 N–H and O–H groups in total. The highest BCUT2D eigenvalue weighted by Crippen LogP contribution is 2.40. The molecule has 0 amide bonds. The molecule has 3 aromatic carbocycles. The van der Waals surface area contributed by atoms with E-state index in [0.717, 1.165) is 16.8 Å². The number of ether oxygens (including phenoxy) is 3. The van der Waals surface area contributed by atoms with E-state index >= 15 is 0 Å². The van der Waals surface area contributed by atoms with Crippen molar-refractivity contribution in [2.45, 2.75) is 25.6 Å². The molecule has 0 fully saturated rings. The third kappa shape index (κ3) is 4.28. The van der Waals surface area contributed by atoms with Crippen LogP contribution in [0.15, 0.2) is 64.1 Å². The molecule has 0 bridgehead atoms. The molecule has 2 aliphatic rings. The zero-order chi connectivity index (χ0) is 22.9. The zero-order valence-electron chi connectivity index (χ0n) is 17.8. The van der Waals surface area contributed by atoms with Gasteiger partial charge in [0.25, 0.3) is 0 Å². The van der Waals surface area contributed by atoms with Crippen LogP contribution < -0.4 is 19.5 Å². The fraction of sp³-hybridized carbons (Fsp3) is 0.240. The van der Waals surface area contributed by atoms with Crippen LogP contribution in [-0.4, -0.2) is 24.2 Å². The highest BCUT2D eigenvalue weighted by Gasteiger charge is 2.29. The van der Waals surface area contributed by atoms with Gasteiger partial charge in [-0.2, -0.15) is 0 Å². The van der Waals surface area contributed by atoms with Gasteiger partial charge in [-0.1, -0.05) is 18.2 Å². The molecule has 8 heteroatoms. The number of phenolic OH excluding ortho intramolecular Hbond substituents is 1. The molecule has 0 spiro atoms. The molecular formula is C25H22BrFN2O4. The fourth-order valence-corrected chi connectivity index (χ4v) is 4.50. The van der Waals surface area contributed by atoms with E-state index in [1.54, 1.807) is 18.2 Å². The third-order valence-electron chi connectivity index (χ3n) is 5.71. The number of hydrogen-bond donors (Lipinski definition) is 2. The Labute approximate surface area is 199 Å². The number of benzene rings is 3. The summed E-state index contributed by atoms with van der Waals surface area (Å²) in [5.41, 5.74) is 3.24. The average molecular weight is 513 g/mol. The molecule has 0 saturated heterocycles. The number of fused-ring (bicyclic) bond motifs is 1. The number of nitrogens with one attached hydrogen (secondary N) is 1. The van der Waals surface area contributed by atoms with Gasteiger partial charge in [0.2, 0.25) is 6.79 Å². The van der Waals surface area contributed by atoms with Gasteiger partial charge >= 0.3 is 0 Å². The van der Waals surface area contributed by atoms with Crippen LogP contribution in [0, 0.1) is 5.82 Å². The number of aliphatic imine (C=N–C) groups is 1. The van der Waals surface area contributed by atoms with Crippen LogP contribution in [0.25, 0.3) is 0 Å². The van der Waals surface area contributed by atoms with Gasteiger partial charge in [-0.15, -0.1) is 0 Å². The summed E-state index contributed by atoms with van der Waals surface area (Å²) in [5.74, 6) is 1.57. The van der Waals surface area contributed by atoms with E-state index in [9.17, 15) is 9.50 Å². The Morgan fingerprint density at radius 3 is 2.82 bits per heavy atom. The van der Waals surface area contributed by atoms with Gasteiger partial charge in [-0.25, -0.2) is 4.39 Å². The Morgan fingerprint density at radius 1 is 1.15 bits per heavy atom. The minimum Gasteiger partial charge on any atom is -0.504 e. The summed E-state index contributed by atoms with van der Waals surface area (Å²) >= 11 is 3.27. The molecular weight excluding hydrogens is 491 g/mol. The number of rotatable bonds is 5. The van der Waals surface area contributed by atoms with Crippen molar-refractivity contribution in [2.75, 3.05) is 13.4 Å².